The molecule has 5 heteroatoms. The van der Waals surface area contributed by atoms with Crippen molar-refractivity contribution < 1.29 is 14.4 Å². The van der Waals surface area contributed by atoms with Crippen molar-refractivity contribution in [1.82, 2.24) is 4.57 Å². The van der Waals surface area contributed by atoms with Crippen LogP contribution in [0.3, 0.4) is 0 Å². The van der Waals surface area contributed by atoms with Crippen LogP contribution < -0.4 is 14.6 Å². The maximum absolute atomic E-state index is 9.83. The average Bonchev–Trinajstić information content (AvgIpc) is 2.77. The molecule has 2 atom stereocenters. The average molecular weight is 258 g/mol. The van der Waals surface area contributed by atoms with E-state index in [2.05, 4.69) is 20.6 Å². The highest BCUT2D eigenvalue weighted by Crippen LogP contribution is 2.44. The summed E-state index contributed by atoms with van der Waals surface area (Å²) in [5.41, 5.74) is 1.96. The number of hydrogen-bond acceptors (Lipinski definition) is 3. The Morgan fingerprint density at radius 1 is 1.47 bits per heavy atom. The van der Waals surface area contributed by atoms with Gasteiger partial charge in [-0.2, -0.15) is 0 Å². The number of nitrogens with one attached hydrogen (secondary N) is 1. The molecule has 0 radical (unpaired) electrons. The number of anilines is 1. The van der Waals surface area contributed by atoms with E-state index in [-0.39, 0.29) is 18.0 Å². The monoisotopic (exact) mass is 258 g/mol. The lowest BCUT2D eigenvalue weighted by Gasteiger charge is -2.35. The van der Waals surface area contributed by atoms with Crippen molar-refractivity contribution in [3.8, 4) is 11.5 Å². The third kappa shape index (κ3) is 1.32. The summed E-state index contributed by atoms with van der Waals surface area (Å²) in [5, 5.41) is 13.2. The number of rotatable bonds is 0. The fourth-order valence-corrected chi connectivity index (χ4v) is 3.06. The topological polar surface area (TPSA) is 50.3 Å². The molecule has 4 rings (SSSR count). The van der Waals surface area contributed by atoms with Gasteiger partial charge >= 0.3 is 5.95 Å². The summed E-state index contributed by atoms with van der Waals surface area (Å²) in [6, 6.07) is 3.99. The number of aromatic nitrogens is 2. The van der Waals surface area contributed by atoms with Gasteiger partial charge in [-0.05, 0) is 19.1 Å². The highest BCUT2D eigenvalue weighted by molar-refractivity contribution is 5.53. The van der Waals surface area contributed by atoms with Gasteiger partial charge in [-0.25, -0.2) is 14.5 Å². The quantitative estimate of drug-likeness (QED) is 0.703. The smallest absolute Gasteiger partial charge is 0.360 e. The van der Waals surface area contributed by atoms with Gasteiger partial charge in [0.05, 0.1) is 25.9 Å². The Morgan fingerprint density at radius 2 is 2.32 bits per heavy atom. The van der Waals surface area contributed by atoms with Gasteiger partial charge in [-0.1, -0.05) is 0 Å². The zero-order valence-electron chi connectivity index (χ0n) is 10.9. The number of fused-ring (bicyclic) bond motifs is 6. The number of aryl methyl sites for hydroxylation is 1. The Kier molecular flexibility index (Phi) is 1.94. The first-order valence-electron chi connectivity index (χ1n) is 6.47. The minimum atomic E-state index is -0.0356. The maximum Gasteiger partial charge on any atom is 0.360 e. The number of nitrogens with zero attached hydrogens (tertiary/aromatic N) is 2. The van der Waals surface area contributed by atoms with Crippen molar-refractivity contribution >= 4 is 5.95 Å². The number of aromatic hydroxyl groups is 1. The Balaban J connectivity index is 1.95. The molecule has 5 nitrogen and oxygen atoms in total. The molecule has 3 heterocycles. The van der Waals surface area contributed by atoms with Gasteiger partial charge < -0.3 is 9.84 Å². The van der Waals surface area contributed by atoms with Crippen LogP contribution in [-0.2, 0) is 7.05 Å². The second-order valence-corrected chi connectivity index (χ2v) is 5.27. The van der Waals surface area contributed by atoms with Crippen LogP contribution in [0.5, 0.6) is 11.5 Å². The van der Waals surface area contributed by atoms with E-state index in [4.69, 9.17) is 4.74 Å². The fraction of sp³-hybridized carbons (Fsp3) is 0.357. The van der Waals surface area contributed by atoms with Crippen molar-refractivity contribution in [1.29, 1.82) is 0 Å². The fourth-order valence-electron chi connectivity index (χ4n) is 3.06. The van der Waals surface area contributed by atoms with E-state index in [1.54, 1.807) is 6.07 Å². The van der Waals surface area contributed by atoms with Crippen LogP contribution in [-0.4, -0.2) is 15.9 Å². The third-order valence-electron chi connectivity index (χ3n) is 4.12. The number of phenolic OH excluding ortho intramolecular Hbond substituents is 1. The van der Waals surface area contributed by atoms with Gasteiger partial charge in [0.1, 0.15) is 17.5 Å². The Labute approximate surface area is 111 Å². The normalized spacial score (nSPS) is 23.1. The van der Waals surface area contributed by atoms with Gasteiger partial charge in [0.25, 0.3) is 0 Å². The number of hydrogen-bond donors (Lipinski definition) is 2. The van der Waals surface area contributed by atoms with Gasteiger partial charge in [0.2, 0.25) is 6.23 Å². The molecule has 0 spiro atoms. The Bertz CT molecular complexity index is 678. The summed E-state index contributed by atoms with van der Waals surface area (Å²) in [7, 11) is 2.02. The molecule has 0 amide bonds. The van der Waals surface area contributed by atoms with E-state index in [0.717, 1.165) is 29.2 Å². The van der Waals surface area contributed by atoms with Crippen LogP contribution in [0.1, 0.15) is 23.6 Å². The summed E-state index contributed by atoms with van der Waals surface area (Å²) >= 11 is 0. The lowest BCUT2D eigenvalue weighted by atomic mass is 9.95. The molecule has 2 aliphatic heterocycles. The lowest BCUT2D eigenvalue weighted by Crippen LogP contribution is -2.45. The van der Waals surface area contributed by atoms with Crippen LogP contribution in [0.2, 0.25) is 0 Å². The molecule has 2 bridgehead atoms. The molecule has 0 fully saturated rings. The van der Waals surface area contributed by atoms with E-state index in [1.165, 1.54) is 0 Å². The van der Waals surface area contributed by atoms with Crippen LogP contribution in [0.15, 0.2) is 24.5 Å². The minimum Gasteiger partial charge on any atom is -0.508 e. The molecule has 98 valence electrons. The Morgan fingerprint density at radius 3 is 3.16 bits per heavy atom. The highest BCUT2D eigenvalue weighted by atomic mass is 16.5. The first-order chi connectivity index (χ1) is 9.15. The van der Waals surface area contributed by atoms with Crippen molar-refractivity contribution in [2.45, 2.75) is 25.6 Å². The second-order valence-electron chi connectivity index (χ2n) is 5.27. The number of imidazole rings is 1. The molecule has 2 aromatic rings. The second kappa shape index (κ2) is 3.44. The van der Waals surface area contributed by atoms with Gasteiger partial charge in [-0.3, -0.25) is 0 Å². The summed E-state index contributed by atoms with van der Waals surface area (Å²) in [6.45, 7) is 1.89. The molecule has 2 unspecified atom stereocenters. The zero-order chi connectivity index (χ0) is 13.1. The predicted molar refractivity (Wildman–Crippen MR) is 69.2 cm³/mol. The van der Waals surface area contributed by atoms with Crippen molar-refractivity contribution in [3.63, 3.8) is 0 Å². The molecule has 2 N–H and O–H groups in total. The van der Waals surface area contributed by atoms with Crippen LogP contribution in [0, 0.1) is 6.92 Å². The largest absolute Gasteiger partial charge is 0.508 e. The molecule has 0 aliphatic carbocycles. The van der Waals surface area contributed by atoms with Crippen molar-refractivity contribution in [2.75, 3.05) is 5.32 Å². The molecule has 2 aliphatic rings. The molecule has 0 saturated carbocycles. The Hall–Kier alpha value is -2.17. The van der Waals surface area contributed by atoms with Crippen molar-refractivity contribution in [2.24, 2.45) is 7.05 Å². The summed E-state index contributed by atoms with van der Waals surface area (Å²) < 4.78 is 10.3. The van der Waals surface area contributed by atoms with Gasteiger partial charge in [0, 0.05) is 11.1 Å². The number of ether oxygens (including phenoxy) is 1. The standard InChI is InChI=1S/C14H15N3O2/c1-8-11(18)4-3-9-10-7-12(19-13(8)9)15-14-16(2)5-6-17(10)14/h3-6,10,12,18H,7H2,1-2H3/p+1. The van der Waals surface area contributed by atoms with E-state index in [0.29, 0.717) is 0 Å². The van der Waals surface area contributed by atoms with E-state index >= 15 is 0 Å². The molecule has 1 aromatic heterocycles. The molecule has 19 heavy (non-hydrogen) atoms. The third-order valence-corrected chi connectivity index (χ3v) is 4.12. The van der Waals surface area contributed by atoms with Gasteiger partial charge in [-0.15, -0.1) is 0 Å². The molecular formula is C14H16N3O2+. The van der Waals surface area contributed by atoms with Crippen LogP contribution in [0.25, 0.3) is 0 Å². The highest BCUT2D eigenvalue weighted by Gasteiger charge is 2.41. The minimum absolute atomic E-state index is 0.0356. The maximum atomic E-state index is 9.83. The van der Waals surface area contributed by atoms with Gasteiger partial charge in [0.15, 0.2) is 0 Å². The van der Waals surface area contributed by atoms with Crippen molar-refractivity contribution in [3.05, 3.63) is 35.7 Å². The number of benzene rings is 1. The molecule has 0 saturated heterocycles. The van der Waals surface area contributed by atoms with Crippen LogP contribution in [0.4, 0.5) is 5.95 Å². The summed E-state index contributed by atoms with van der Waals surface area (Å²) in [4.78, 5) is 0. The first kappa shape index (κ1) is 10.7. The molecular weight excluding hydrogens is 242 g/mol. The van der Waals surface area contributed by atoms with E-state index in [9.17, 15) is 5.11 Å². The van der Waals surface area contributed by atoms with Crippen LogP contribution >= 0.6 is 0 Å². The zero-order valence-corrected chi connectivity index (χ0v) is 10.9. The number of phenols is 1. The van der Waals surface area contributed by atoms with E-state index < -0.39 is 0 Å². The molecule has 1 aromatic carbocycles. The summed E-state index contributed by atoms with van der Waals surface area (Å²) in [6.07, 6.45) is 4.99. The van der Waals surface area contributed by atoms with E-state index in [1.807, 2.05) is 26.2 Å². The first-order valence-corrected chi connectivity index (χ1v) is 6.47. The summed E-state index contributed by atoms with van der Waals surface area (Å²) in [5.74, 6) is 2.16. The predicted octanol–water partition coefficient (Wildman–Crippen LogP) is 1.45. The SMILES string of the molecule is Cc1c(O)ccc2c1OC1CC2n2cc[n+](C)c2N1. The lowest BCUT2D eigenvalue weighted by molar-refractivity contribution is -0.657.